The lowest BCUT2D eigenvalue weighted by molar-refractivity contribution is -0.132. The molecule has 2 aromatic rings. The van der Waals surface area contributed by atoms with Gasteiger partial charge in [0.1, 0.15) is 5.75 Å². The summed E-state index contributed by atoms with van der Waals surface area (Å²) in [5, 5.41) is 5.61. The van der Waals surface area contributed by atoms with Gasteiger partial charge in [0.2, 0.25) is 0 Å². The van der Waals surface area contributed by atoms with Crippen molar-refractivity contribution >= 4 is 46.4 Å². The summed E-state index contributed by atoms with van der Waals surface area (Å²) in [5.41, 5.74) is 0.817. The molecule has 0 atom stereocenters. The lowest BCUT2D eigenvalue weighted by Crippen LogP contribution is -2.29. The third kappa shape index (κ3) is 4.38. The van der Waals surface area contributed by atoms with E-state index in [-0.39, 0.29) is 0 Å². The van der Waals surface area contributed by atoms with Crippen molar-refractivity contribution in [3.63, 3.8) is 0 Å². The maximum Gasteiger partial charge on any atom is 0.314 e. The summed E-state index contributed by atoms with van der Waals surface area (Å²) in [6, 6.07) is 11.1. The fraction of sp³-hybridized carbons (Fsp3) is 0.0667. The molecular weight excluding hydrogens is 327 g/mol. The second-order valence-corrected chi connectivity index (χ2v) is 5.17. The summed E-state index contributed by atoms with van der Waals surface area (Å²) in [6.07, 6.45) is 0. The Labute approximate surface area is 137 Å². The second-order valence-electron chi connectivity index (χ2n) is 4.29. The highest BCUT2D eigenvalue weighted by Crippen LogP contribution is 2.22. The van der Waals surface area contributed by atoms with Gasteiger partial charge >= 0.3 is 11.8 Å². The van der Waals surface area contributed by atoms with E-state index in [9.17, 15) is 9.59 Å². The number of hydrogen-bond acceptors (Lipinski definition) is 3. The van der Waals surface area contributed by atoms with Crippen LogP contribution in [0.1, 0.15) is 0 Å². The average Bonchev–Trinajstić information content (AvgIpc) is 2.46. The first-order valence-electron chi connectivity index (χ1n) is 6.20. The molecular formula is C15H12Cl2N2O3. The number of ether oxygens (including phenoxy) is 1. The van der Waals surface area contributed by atoms with Gasteiger partial charge in [-0.25, -0.2) is 0 Å². The largest absolute Gasteiger partial charge is 0.497 e. The first kappa shape index (κ1) is 16.1. The van der Waals surface area contributed by atoms with Crippen LogP contribution in [0.15, 0.2) is 42.5 Å². The predicted octanol–water partition coefficient (Wildman–Crippen LogP) is 3.58. The molecule has 2 aromatic carbocycles. The predicted molar refractivity (Wildman–Crippen MR) is 86.7 cm³/mol. The van der Waals surface area contributed by atoms with Gasteiger partial charge in [-0.05, 0) is 42.5 Å². The normalized spacial score (nSPS) is 9.95. The van der Waals surface area contributed by atoms with Crippen LogP contribution in [-0.4, -0.2) is 18.9 Å². The molecule has 0 fully saturated rings. The smallest absolute Gasteiger partial charge is 0.314 e. The molecule has 0 saturated heterocycles. The van der Waals surface area contributed by atoms with Crippen molar-refractivity contribution in [1.29, 1.82) is 0 Å². The van der Waals surface area contributed by atoms with Crippen LogP contribution in [0.3, 0.4) is 0 Å². The number of halogens is 2. The van der Waals surface area contributed by atoms with Gasteiger partial charge in [0.05, 0.1) is 7.11 Å². The maximum atomic E-state index is 11.8. The van der Waals surface area contributed by atoms with E-state index in [1.807, 2.05) is 0 Å². The minimum absolute atomic E-state index is 0.340. The molecule has 0 aromatic heterocycles. The highest BCUT2D eigenvalue weighted by molar-refractivity contribution is 6.44. The van der Waals surface area contributed by atoms with E-state index in [2.05, 4.69) is 10.6 Å². The molecule has 0 aliphatic rings. The molecule has 0 unspecified atom stereocenters. The Balaban J connectivity index is 2.00. The van der Waals surface area contributed by atoms with Gasteiger partial charge in [0, 0.05) is 21.4 Å². The Kier molecular flexibility index (Phi) is 5.25. The van der Waals surface area contributed by atoms with Crippen LogP contribution in [0.4, 0.5) is 11.4 Å². The lowest BCUT2D eigenvalue weighted by Gasteiger charge is -2.08. The van der Waals surface area contributed by atoms with E-state index in [0.29, 0.717) is 27.2 Å². The van der Waals surface area contributed by atoms with Gasteiger partial charge < -0.3 is 15.4 Å². The topological polar surface area (TPSA) is 67.4 Å². The number of benzene rings is 2. The van der Waals surface area contributed by atoms with Gasteiger partial charge in [-0.2, -0.15) is 0 Å². The third-order valence-corrected chi connectivity index (χ3v) is 3.11. The maximum absolute atomic E-state index is 11.8. The molecule has 114 valence electrons. The van der Waals surface area contributed by atoms with Crippen LogP contribution >= 0.6 is 23.2 Å². The van der Waals surface area contributed by atoms with Gasteiger partial charge in [0.15, 0.2) is 0 Å². The van der Waals surface area contributed by atoms with Crippen LogP contribution in [0, 0.1) is 0 Å². The Hall–Kier alpha value is -2.24. The molecule has 0 saturated carbocycles. The first-order valence-corrected chi connectivity index (χ1v) is 6.96. The number of methoxy groups -OCH3 is 1. The van der Waals surface area contributed by atoms with Gasteiger partial charge in [0.25, 0.3) is 0 Å². The molecule has 0 aliphatic carbocycles. The zero-order chi connectivity index (χ0) is 16.1. The summed E-state index contributed by atoms with van der Waals surface area (Å²) in [7, 11) is 1.54. The van der Waals surface area contributed by atoms with Crippen molar-refractivity contribution in [3.8, 4) is 5.75 Å². The monoisotopic (exact) mass is 338 g/mol. The summed E-state index contributed by atoms with van der Waals surface area (Å²) in [6.45, 7) is 0. The second kappa shape index (κ2) is 7.15. The quantitative estimate of drug-likeness (QED) is 0.840. The molecule has 2 rings (SSSR count). The van der Waals surface area contributed by atoms with Gasteiger partial charge in [-0.1, -0.05) is 23.2 Å². The highest BCUT2D eigenvalue weighted by Gasteiger charge is 2.14. The zero-order valence-corrected chi connectivity index (χ0v) is 13.0. The Bertz CT molecular complexity index is 682. The lowest BCUT2D eigenvalue weighted by atomic mass is 10.3. The van der Waals surface area contributed by atoms with Gasteiger partial charge in [-0.15, -0.1) is 0 Å². The van der Waals surface area contributed by atoms with Crippen molar-refractivity contribution in [3.05, 3.63) is 52.5 Å². The fourth-order valence-corrected chi connectivity index (χ4v) is 2.20. The van der Waals surface area contributed by atoms with Crippen LogP contribution in [-0.2, 0) is 9.59 Å². The number of carbonyl (C=O) groups excluding carboxylic acids is 2. The average molecular weight is 339 g/mol. The minimum Gasteiger partial charge on any atom is -0.497 e. The molecule has 0 aliphatic heterocycles. The van der Waals surface area contributed by atoms with E-state index in [4.69, 9.17) is 27.9 Å². The molecule has 0 spiro atoms. The number of nitrogens with one attached hydrogen (secondary N) is 2. The number of rotatable bonds is 3. The van der Waals surface area contributed by atoms with E-state index in [0.717, 1.165) is 0 Å². The molecule has 22 heavy (non-hydrogen) atoms. The van der Waals surface area contributed by atoms with Crippen LogP contribution < -0.4 is 15.4 Å². The number of hydrogen-bond donors (Lipinski definition) is 2. The number of carbonyl (C=O) groups is 2. The van der Waals surface area contributed by atoms with Crippen molar-refractivity contribution in [2.45, 2.75) is 0 Å². The Morgan fingerprint density at radius 3 is 1.86 bits per heavy atom. The van der Waals surface area contributed by atoms with E-state index >= 15 is 0 Å². The zero-order valence-electron chi connectivity index (χ0n) is 11.5. The molecule has 0 radical (unpaired) electrons. The van der Waals surface area contributed by atoms with E-state index in [1.54, 1.807) is 24.3 Å². The number of anilines is 2. The molecule has 2 N–H and O–H groups in total. The number of amides is 2. The SMILES string of the molecule is COc1ccc(NC(=O)C(=O)Nc2cc(Cl)cc(Cl)c2)cc1. The van der Waals surface area contributed by atoms with Crippen molar-refractivity contribution in [2.24, 2.45) is 0 Å². The first-order chi connectivity index (χ1) is 10.5. The molecule has 0 bridgehead atoms. The summed E-state index contributed by atoms with van der Waals surface area (Å²) < 4.78 is 5.01. The Morgan fingerprint density at radius 2 is 1.36 bits per heavy atom. The van der Waals surface area contributed by atoms with Crippen LogP contribution in [0.25, 0.3) is 0 Å². The van der Waals surface area contributed by atoms with Crippen molar-refractivity contribution in [1.82, 2.24) is 0 Å². The fourth-order valence-electron chi connectivity index (χ4n) is 1.68. The van der Waals surface area contributed by atoms with Gasteiger partial charge in [-0.3, -0.25) is 9.59 Å². The summed E-state index contributed by atoms with van der Waals surface area (Å²) in [4.78, 5) is 23.6. The molecule has 0 heterocycles. The summed E-state index contributed by atoms with van der Waals surface area (Å²) >= 11 is 11.6. The van der Waals surface area contributed by atoms with E-state index < -0.39 is 11.8 Å². The molecule has 7 heteroatoms. The third-order valence-electron chi connectivity index (χ3n) is 2.67. The highest BCUT2D eigenvalue weighted by atomic mass is 35.5. The standard InChI is InChI=1S/C15H12Cl2N2O3/c1-22-13-4-2-11(3-5-13)18-14(20)15(21)19-12-7-9(16)6-10(17)8-12/h2-8H,1H3,(H,18,20)(H,19,21). The van der Waals surface area contributed by atoms with Crippen LogP contribution in [0.5, 0.6) is 5.75 Å². The summed E-state index contributed by atoms with van der Waals surface area (Å²) in [5.74, 6) is -0.980. The minimum atomic E-state index is -0.825. The molecule has 2 amide bonds. The van der Waals surface area contributed by atoms with Crippen molar-refractivity contribution < 1.29 is 14.3 Å². The van der Waals surface area contributed by atoms with Crippen molar-refractivity contribution in [2.75, 3.05) is 17.7 Å². The van der Waals surface area contributed by atoms with Crippen LogP contribution in [0.2, 0.25) is 10.0 Å². The molecule has 5 nitrogen and oxygen atoms in total. The van der Waals surface area contributed by atoms with E-state index in [1.165, 1.54) is 25.3 Å². The Morgan fingerprint density at radius 1 is 0.864 bits per heavy atom.